The van der Waals surface area contributed by atoms with E-state index in [0.717, 1.165) is 28.2 Å². The Balaban J connectivity index is 1.81. The van der Waals surface area contributed by atoms with Crippen LogP contribution in [0, 0.1) is 6.92 Å². The summed E-state index contributed by atoms with van der Waals surface area (Å²) in [6.07, 6.45) is -7.59. The molecule has 182 valence electrons. The van der Waals surface area contributed by atoms with E-state index >= 15 is 0 Å². The zero-order valence-electron chi connectivity index (χ0n) is 17.9. The third kappa shape index (κ3) is 4.85. The Morgan fingerprint density at radius 3 is 2.43 bits per heavy atom. The summed E-state index contributed by atoms with van der Waals surface area (Å²) in [5.41, 5.74) is 4.61. The zero-order chi connectivity index (χ0) is 25.5. The molecule has 0 bridgehead atoms. The average molecular weight is 509 g/mol. The molecule has 1 aromatic carbocycles. The van der Waals surface area contributed by atoms with Gasteiger partial charge in [0.2, 0.25) is 5.91 Å². The summed E-state index contributed by atoms with van der Waals surface area (Å²) in [6, 6.07) is 10.4. The van der Waals surface area contributed by atoms with Crippen LogP contribution >= 0.6 is 11.3 Å². The number of aromatic nitrogens is 3. The van der Waals surface area contributed by atoms with Crippen LogP contribution < -0.4 is 11.1 Å². The molecule has 0 unspecified atom stereocenters. The lowest BCUT2D eigenvalue weighted by molar-refractivity contribution is -0.141. The molecule has 13 heteroatoms. The number of rotatable bonds is 6. The summed E-state index contributed by atoms with van der Waals surface area (Å²) in [4.78, 5) is 28.7. The van der Waals surface area contributed by atoms with Crippen LogP contribution in [0.15, 0.2) is 42.5 Å². The van der Waals surface area contributed by atoms with Crippen molar-refractivity contribution in [3.63, 3.8) is 0 Å². The number of nitrogens with one attached hydrogen (secondary N) is 1. The third-order valence-corrected chi connectivity index (χ3v) is 6.14. The molecule has 0 spiro atoms. The molecule has 0 saturated carbocycles. The van der Waals surface area contributed by atoms with Crippen LogP contribution in [0.2, 0.25) is 0 Å². The first-order valence-electron chi connectivity index (χ1n) is 9.98. The average Bonchev–Trinajstić information content (AvgIpc) is 3.34. The van der Waals surface area contributed by atoms with Crippen LogP contribution in [0.5, 0.6) is 0 Å². The van der Waals surface area contributed by atoms with E-state index in [4.69, 9.17) is 5.73 Å². The minimum atomic E-state index is -4.69. The molecule has 35 heavy (non-hydrogen) atoms. The minimum absolute atomic E-state index is 0.0420. The van der Waals surface area contributed by atoms with Crippen LogP contribution in [0.25, 0.3) is 21.3 Å². The van der Waals surface area contributed by atoms with Gasteiger partial charge in [0.25, 0.3) is 12.3 Å². The van der Waals surface area contributed by atoms with Gasteiger partial charge in [-0.1, -0.05) is 30.3 Å². The minimum Gasteiger partial charge on any atom is -0.365 e. The van der Waals surface area contributed by atoms with Gasteiger partial charge in [0.05, 0.1) is 5.69 Å². The Morgan fingerprint density at radius 1 is 1.17 bits per heavy atom. The standard InChI is InChI=1S/C22H16F5N5O2S/c1-10-7-14(22(25,26)27)31-32(10)9-15(33)30-17-16-12(11-5-3-2-4-6-11)8-13(19(23)24)29-21(16)35-18(17)20(28)34/h2-8,19H,9H2,1H3,(H2,28,34)(H,30,33). The molecule has 4 aromatic rings. The maximum atomic E-state index is 13.5. The van der Waals surface area contributed by atoms with Crippen LogP contribution in [-0.2, 0) is 17.5 Å². The first-order valence-corrected chi connectivity index (χ1v) is 10.8. The van der Waals surface area contributed by atoms with Crippen LogP contribution in [0.3, 0.4) is 0 Å². The zero-order valence-corrected chi connectivity index (χ0v) is 18.7. The van der Waals surface area contributed by atoms with Gasteiger partial charge in [-0.2, -0.15) is 18.3 Å². The fourth-order valence-corrected chi connectivity index (χ4v) is 4.51. The number of halogens is 5. The highest BCUT2D eigenvalue weighted by Crippen LogP contribution is 2.42. The van der Waals surface area contributed by atoms with Gasteiger partial charge in [-0.3, -0.25) is 14.3 Å². The molecule has 7 nitrogen and oxygen atoms in total. The summed E-state index contributed by atoms with van der Waals surface area (Å²) in [6.45, 7) is 0.758. The number of primary amides is 1. The summed E-state index contributed by atoms with van der Waals surface area (Å²) >= 11 is 0.726. The molecule has 0 atom stereocenters. The predicted octanol–water partition coefficient (Wildman–Crippen LogP) is 5.16. The number of thiophene rings is 1. The van der Waals surface area contributed by atoms with Crippen LogP contribution in [0.1, 0.15) is 33.2 Å². The van der Waals surface area contributed by atoms with Gasteiger partial charge in [-0.15, -0.1) is 11.3 Å². The number of pyridine rings is 1. The van der Waals surface area contributed by atoms with Crippen molar-refractivity contribution < 1.29 is 31.5 Å². The number of anilines is 1. The van der Waals surface area contributed by atoms with Gasteiger partial charge >= 0.3 is 6.18 Å². The number of nitrogens with two attached hydrogens (primary N) is 1. The van der Waals surface area contributed by atoms with Gasteiger partial charge in [0.15, 0.2) is 5.69 Å². The van der Waals surface area contributed by atoms with E-state index in [1.54, 1.807) is 30.3 Å². The molecule has 0 aliphatic rings. The lowest BCUT2D eigenvalue weighted by atomic mass is 10.0. The van der Waals surface area contributed by atoms with Crippen molar-refractivity contribution in [2.75, 3.05) is 5.32 Å². The van der Waals surface area contributed by atoms with Crippen molar-refractivity contribution in [2.24, 2.45) is 5.73 Å². The molecule has 4 rings (SSSR count). The fourth-order valence-electron chi connectivity index (χ4n) is 3.49. The van der Waals surface area contributed by atoms with Crippen molar-refractivity contribution in [2.45, 2.75) is 26.1 Å². The highest BCUT2D eigenvalue weighted by atomic mass is 32.1. The second-order valence-electron chi connectivity index (χ2n) is 7.49. The first kappa shape index (κ1) is 24.3. The molecule has 3 aromatic heterocycles. The fraction of sp³-hybridized carbons (Fsp3) is 0.182. The highest BCUT2D eigenvalue weighted by molar-refractivity contribution is 7.21. The quantitative estimate of drug-likeness (QED) is 0.351. The van der Waals surface area contributed by atoms with E-state index < -0.39 is 42.3 Å². The third-order valence-electron chi connectivity index (χ3n) is 5.04. The van der Waals surface area contributed by atoms with Crippen LogP contribution in [-0.4, -0.2) is 26.6 Å². The summed E-state index contributed by atoms with van der Waals surface area (Å²) in [5, 5.41) is 6.12. The number of hydrogen-bond acceptors (Lipinski definition) is 5. The van der Waals surface area contributed by atoms with Gasteiger partial charge in [-0.05, 0) is 30.2 Å². The first-order chi connectivity index (χ1) is 16.5. The summed E-state index contributed by atoms with van der Waals surface area (Å²) in [7, 11) is 0. The van der Waals surface area contributed by atoms with Crippen molar-refractivity contribution in [3.8, 4) is 11.1 Å². The molecule has 3 N–H and O–H groups in total. The number of aryl methyl sites for hydroxylation is 1. The van der Waals surface area contributed by atoms with Crippen molar-refractivity contribution >= 4 is 39.1 Å². The lowest BCUT2D eigenvalue weighted by Crippen LogP contribution is -2.22. The number of benzene rings is 1. The van der Waals surface area contributed by atoms with E-state index in [1.165, 1.54) is 6.92 Å². The van der Waals surface area contributed by atoms with E-state index in [-0.39, 0.29) is 32.0 Å². The SMILES string of the molecule is Cc1cc(C(F)(F)F)nn1CC(=O)Nc1c(C(N)=O)sc2nc(C(F)F)cc(-c3ccccc3)c12. The summed E-state index contributed by atoms with van der Waals surface area (Å²) < 4.78 is 66.8. The normalized spacial score (nSPS) is 11.9. The van der Waals surface area contributed by atoms with Gasteiger partial charge < -0.3 is 11.1 Å². The second kappa shape index (κ2) is 9.06. The number of carbonyl (C=O) groups is 2. The molecule has 0 radical (unpaired) electrons. The number of hydrogen-bond donors (Lipinski definition) is 2. The van der Waals surface area contributed by atoms with E-state index in [0.29, 0.717) is 5.56 Å². The second-order valence-corrected chi connectivity index (χ2v) is 8.49. The lowest BCUT2D eigenvalue weighted by Gasteiger charge is -2.11. The Kier molecular flexibility index (Phi) is 6.28. The van der Waals surface area contributed by atoms with E-state index in [1.807, 2.05) is 0 Å². The number of nitrogens with zero attached hydrogens (tertiary/aromatic N) is 3. The maximum Gasteiger partial charge on any atom is 0.435 e. The van der Waals surface area contributed by atoms with Gasteiger partial charge in [-0.25, -0.2) is 13.8 Å². The molecule has 0 aliphatic heterocycles. The smallest absolute Gasteiger partial charge is 0.365 e. The number of alkyl halides is 5. The number of carbonyl (C=O) groups excluding carboxylic acids is 2. The van der Waals surface area contributed by atoms with Crippen molar-refractivity contribution in [3.05, 3.63) is 64.4 Å². The Labute approximate surface area is 198 Å². The molecular formula is C22H16F5N5O2S. The molecule has 0 aliphatic carbocycles. The molecule has 0 fully saturated rings. The Bertz CT molecular complexity index is 1430. The Morgan fingerprint density at radius 2 is 1.86 bits per heavy atom. The van der Waals surface area contributed by atoms with Crippen LogP contribution in [0.4, 0.5) is 27.6 Å². The van der Waals surface area contributed by atoms with Gasteiger partial charge in [0.1, 0.15) is 21.9 Å². The molecule has 3 heterocycles. The monoisotopic (exact) mass is 509 g/mol. The van der Waals surface area contributed by atoms with Crippen molar-refractivity contribution in [1.29, 1.82) is 0 Å². The maximum absolute atomic E-state index is 13.5. The van der Waals surface area contributed by atoms with E-state index in [2.05, 4.69) is 15.4 Å². The van der Waals surface area contributed by atoms with Gasteiger partial charge in [0, 0.05) is 11.1 Å². The Hall–Kier alpha value is -3.87. The largest absolute Gasteiger partial charge is 0.435 e. The topological polar surface area (TPSA) is 103 Å². The number of amides is 2. The molecule has 0 saturated heterocycles. The predicted molar refractivity (Wildman–Crippen MR) is 119 cm³/mol. The highest BCUT2D eigenvalue weighted by Gasteiger charge is 2.34. The number of fused-ring (bicyclic) bond motifs is 1. The molecule has 2 amide bonds. The molecular weight excluding hydrogens is 493 g/mol. The van der Waals surface area contributed by atoms with Crippen molar-refractivity contribution in [1.82, 2.24) is 14.8 Å². The summed E-state index contributed by atoms with van der Waals surface area (Å²) in [5.74, 6) is -1.74. The van der Waals surface area contributed by atoms with E-state index in [9.17, 15) is 31.5 Å².